The molecule has 8 nitrogen and oxygen atoms in total. The van der Waals surface area contributed by atoms with Crippen molar-refractivity contribution in [2.24, 2.45) is 4.99 Å². The maximum atomic E-state index is 12.1. The number of carbonyl (C=O) groups excluding carboxylic acids is 1. The van der Waals surface area contributed by atoms with Gasteiger partial charge in [0.2, 0.25) is 5.91 Å². The van der Waals surface area contributed by atoms with Crippen LogP contribution in [0.5, 0.6) is 0 Å². The fourth-order valence-electron chi connectivity index (χ4n) is 2.94. The average Bonchev–Trinajstić information content (AvgIpc) is 2.99. The molecule has 0 radical (unpaired) electrons. The highest BCUT2D eigenvalue weighted by atomic mass is 16.3. The van der Waals surface area contributed by atoms with Crippen molar-refractivity contribution in [3.63, 3.8) is 0 Å². The minimum Gasteiger partial charge on any atom is -0.466 e. The summed E-state index contributed by atoms with van der Waals surface area (Å²) in [5, 5.41) is 19.8. The van der Waals surface area contributed by atoms with E-state index in [-0.39, 0.29) is 18.9 Å². The van der Waals surface area contributed by atoms with Gasteiger partial charge in [0.1, 0.15) is 22.9 Å². The second-order valence-corrected chi connectivity index (χ2v) is 7.19. The molecule has 4 N–H and O–H groups in total. The van der Waals surface area contributed by atoms with Gasteiger partial charge in [-0.1, -0.05) is 6.07 Å². The molecule has 29 heavy (non-hydrogen) atoms. The van der Waals surface area contributed by atoms with Crippen LogP contribution in [0.1, 0.15) is 43.0 Å². The van der Waals surface area contributed by atoms with Crippen molar-refractivity contribution < 1.29 is 14.3 Å². The van der Waals surface area contributed by atoms with Crippen molar-refractivity contribution in [1.82, 2.24) is 15.6 Å². The van der Waals surface area contributed by atoms with E-state index in [4.69, 9.17) is 4.42 Å². The predicted octanol–water partition coefficient (Wildman–Crippen LogP) is 2.39. The van der Waals surface area contributed by atoms with Crippen LogP contribution in [-0.4, -0.2) is 41.6 Å². The number of pyridine rings is 1. The predicted molar refractivity (Wildman–Crippen MR) is 114 cm³/mol. The van der Waals surface area contributed by atoms with Crippen LogP contribution >= 0.6 is 0 Å². The monoisotopic (exact) mass is 401 g/mol. The molecule has 1 atom stereocenters. The van der Waals surface area contributed by atoms with Gasteiger partial charge >= 0.3 is 0 Å². The Balaban J connectivity index is 1.90. The molecule has 0 spiro atoms. The largest absolute Gasteiger partial charge is 0.466 e. The highest BCUT2D eigenvalue weighted by Crippen LogP contribution is 2.27. The molecule has 0 aromatic carbocycles. The number of aromatic nitrogens is 1. The first kappa shape index (κ1) is 22.4. The molecule has 1 unspecified atom stereocenters. The summed E-state index contributed by atoms with van der Waals surface area (Å²) in [4.78, 5) is 20.8. The minimum absolute atomic E-state index is 0.136. The van der Waals surface area contributed by atoms with Gasteiger partial charge in [0.15, 0.2) is 5.96 Å². The number of rotatable bonds is 8. The topological polar surface area (TPSA) is 112 Å². The fraction of sp³-hybridized carbons (Fsp3) is 0.476. The van der Waals surface area contributed by atoms with Gasteiger partial charge in [0, 0.05) is 30.8 Å². The summed E-state index contributed by atoms with van der Waals surface area (Å²) >= 11 is 0. The third-order valence-corrected chi connectivity index (χ3v) is 4.31. The van der Waals surface area contributed by atoms with E-state index in [0.717, 1.165) is 17.0 Å². The van der Waals surface area contributed by atoms with E-state index in [1.54, 1.807) is 13.0 Å². The average molecular weight is 402 g/mol. The molecule has 2 aromatic rings. The SMILES string of the molecule is CCNC(=NCC(C)(O)c1cc(C)oc1C)NCCC(=O)Nc1cccc(C)n1. The van der Waals surface area contributed by atoms with Crippen molar-refractivity contribution in [3.05, 3.63) is 47.0 Å². The summed E-state index contributed by atoms with van der Waals surface area (Å²) in [6.45, 7) is 10.4. The lowest BCUT2D eigenvalue weighted by Crippen LogP contribution is -2.40. The highest BCUT2D eigenvalue weighted by molar-refractivity contribution is 5.90. The number of guanidine groups is 1. The van der Waals surface area contributed by atoms with Crippen LogP contribution in [0.3, 0.4) is 0 Å². The van der Waals surface area contributed by atoms with Gasteiger partial charge in [0.05, 0.1) is 6.54 Å². The lowest BCUT2D eigenvalue weighted by Gasteiger charge is -2.21. The van der Waals surface area contributed by atoms with Crippen LogP contribution in [0, 0.1) is 20.8 Å². The molecule has 0 bridgehead atoms. The number of nitrogens with one attached hydrogen (secondary N) is 3. The Morgan fingerprint density at radius 1 is 1.28 bits per heavy atom. The Labute approximate surface area is 171 Å². The van der Waals surface area contributed by atoms with Gasteiger partial charge < -0.3 is 25.5 Å². The quantitative estimate of drug-likeness (QED) is 0.399. The molecule has 0 saturated heterocycles. The summed E-state index contributed by atoms with van der Waals surface area (Å²) in [7, 11) is 0. The lowest BCUT2D eigenvalue weighted by molar-refractivity contribution is -0.116. The molecule has 0 aliphatic rings. The first-order valence-corrected chi connectivity index (χ1v) is 9.77. The van der Waals surface area contributed by atoms with Crippen LogP contribution in [0.2, 0.25) is 0 Å². The van der Waals surface area contributed by atoms with Gasteiger partial charge in [-0.25, -0.2) is 9.98 Å². The van der Waals surface area contributed by atoms with E-state index in [9.17, 15) is 9.90 Å². The Morgan fingerprint density at radius 3 is 2.66 bits per heavy atom. The molecule has 2 heterocycles. The highest BCUT2D eigenvalue weighted by Gasteiger charge is 2.27. The normalized spacial score (nSPS) is 13.7. The number of carbonyl (C=O) groups is 1. The molecule has 0 aliphatic heterocycles. The maximum absolute atomic E-state index is 12.1. The van der Waals surface area contributed by atoms with Crippen LogP contribution in [0.25, 0.3) is 0 Å². The zero-order chi connectivity index (χ0) is 21.4. The molecule has 158 valence electrons. The lowest BCUT2D eigenvalue weighted by atomic mass is 9.96. The second-order valence-electron chi connectivity index (χ2n) is 7.19. The van der Waals surface area contributed by atoms with Crippen molar-refractivity contribution in [2.45, 2.75) is 46.6 Å². The van der Waals surface area contributed by atoms with E-state index in [1.165, 1.54) is 0 Å². The summed E-state index contributed by atoms with van der Waals surface area (Å²) in [6.07, 6.45) is 0.260. The zero-order valence-corrected chi connectivity index (χ0v) is 17.8. The number of aliphatic hydroxyl groups is 1. The van der Waals surface area contributed by atoms with Crippen LogP contribution < -0.4 is 16.0 Å². The van der Waals surface area contributed by atoms with Gasteiger partial charge in [-0.15, -0.1) is 0 Å². The Morgan fingerprint density at radius 2 is 2.03 bits per heavy atom. The van der Waals surface area contributed by atoms with Crippen molar-refractivity contribution in [3.8, 4) is 0 Å². The number of hydrogen-bond donors (Lipinski definition) is 4. The van der Waals surface area contributed by atoms with E-state index >= 15 is 0 Å². The number of anilines is 1. The van der Waals surface area contributed by atoms with Crippen LogP contribution in [0.15, 0.2) is 33.7 Å². The first-order chi connectivity index (χ1) is 13.7. The Bertz CT molecular complexity index is 858. The first-order valence-electron chi connectivity index (χ1n) is 9.77. The Hall–Kier alpha value is -2.87. The number of hydrogen-bond acceptors (Lipinski definition) is 5. The zero-order valence-electron chi connectivity index (χ0n) is 17.8. The van der Waals surface area contributed by atoms with Crippen LogP contribution in [-0.2, 0) is 10.4 Å². The fourth-order valence-corrected chi connectivity index (χ4v) is 2.94. The van der Waals surface area contributed by atoms with Crippen LogP contribution in [0.4, 0.5) is 5.82 Å². The number of amides is 1. The molecule has 0 aliphatic carbocycles. The smallest absolute Gasteiger partial charge is 0.227 e. The summed E-state index contributed by atoms with van der Waals surface area (Å²) in [5.41, 5.74) is 0.413. The van der Waals surface area contributed by atoms with E-state index < -0.39 is 5.60 Å². The molecular formula is C21H31N5O3. The van der Waals surface area contributed by atoms with E-state index in [0.29, 0.717) is 30.6 Å². The summed E-state index contributed by atoms with van der Waals surface area (Å²) in [5.74, 6) is 2.37. The van der Waals surface area contributed by atoms with E-state index in [1.807, 2.05) is 45.9 Å². The molecule has 1 amide bonds. The number of aryl methyl sites for hydroxylation is 3. The molecular weight excluding hydrogens is 370 g/mol. The molecule has 2 aromatic heterocycles. The van der Waals surface area contributed by atoms with Gasteiger partial charge in [-0.2, -0.15) is 0 Å². The van der Waals surface area contributed by atoms with Crippen molar-refractivity contribution >= 4 is 17.7 Å². The summed E-state index contributed by atoms with van der Waals surface area (Å²) < 4.78 is 5.51. The molecule has 8 heteroatoms. The number of furan rings is 1. The third kappa shape index (κ3) is 6.90. The number of aliphatic imine (C=N–C) groups is 1. The minimum atomic E-state index is -1.15. The molecule has 0 saturated carbocycles. The number of nitrogens with zero attached hydrogens (tertiary/aromatic N) is 2. The molecule has 2 rings (SSSR count). The second kappa shape index (κ2) is 10.1. The van der Waals surface area contributed by atoms with Gasteiger partial charge in [-0.05, 0) is 52.8 Å². The van der Waals surface area contributed by atoms with Crippen molar-refractivity contribution in [2.75, 3.05) is 25.0 Å². The van der Waals surface area contributed by atoms with Crippen molar-refractivity contribution in [1.29, 1.82) is 0 Å². The third-order valence-electron chi connectivity index (χ3n) is 4.31. The Kier molecular flexibility index (Phi) is 7.78. The maximum Gasteiger partial charge on any atom is 0.227 e. The standard InChI is InChI=1S/C21H31N5O3/c1-6-22-20(24-13-21(5,28)17-12-15(3)29-16(17)4)23-11-10-19(27)26-18-9-7-8-14(2)25-18/h7-9,12,28H,6,10-11,13H2,1-5H3,(H2,22,23,24)(H,25,26,27). The van der Waals surface area contributed by atoms with Gasteiger partial charge in [-0.3, -0.25) is 4.79 Å². The van der Waals surface area contributed by atoms with E-state index in [2.05, 4.69) is 25.9 Å². The van der Waals surface area contributed by atoms with Gasteiger partial charge in [0.25, 0.3) is 0 Å². The summed E-state index contributed by atoms with van der Waals surface area (Å²) in [6, 6.07) is 7.30. The molecule has 0 fully saturated rings.